The molecule has 1 aliphatic rings. The summed E-state index contributed by atoms with van der Waals surface area (Å²) in [6.07, 6.45) is 2.57. The fraction of sp³-hybridized carbons (Fsp3) is 1.00. The molecule has 2 nitrogen and oxygen atoms in total. The normalized spacial score (nSPS) is 21.7. The number of rotatable bonds is 5. The lowest BCUT2D eigenvalue weighted by Crippen LogP contribution is -2.51. The lowest BCUT2D eigenvalue weighted by molar-refractivity contribution is 0.107. The van der Waals surface area contributed by atoms with Crippen molar-refractivity contribution in [1.82, 2.24) is 10.2 Å². The zero-order valence-corrected chi connectivity index (χ0v) is 12.7. The Bertz CT molecular complexity index is 207. The van der Waals surface area contributed by atoms with Gasteiger partial charge in [-0.25, -0.2) is 0 Å². The molecule has 1 fully saturated rings. The van der Waals surface area contributed by atoms with Crippen molar-refractivity contribution >= 4 is 0 Å². The number of nitrogens with one attached hydrogen (secondary N) is 1. The van der Waals surface area contributed by atoms with Gasteiger partial charge in [-0.2, -0.15) is 0 Å². The first-order valence-electron chi connectivity index (χ1n) is 7.29. The van der Waals surface area contributed by atoms with Crippen LogP contribution < -0.4 is 5.32 Å². The third-order valence-corrected chi connectivity index (χ3v) is 4.74. The highest BCUT2D eigenvalue weighted by atomic mass is 15.2. The molecule has 1 N–H and O–H groups in total. The second-order valence-electron chi connectivity index (χ2n) is 6.76. The summed E-state index contributed by atoms with van der Waals surface area (Å²) < 4.78 is 0. The van der Waals surface area contributed by atoms with E-state index in [0.717, 1.165) is 17.8 Å². The van der Waals surface area contributed by atoms with E-state index < -0.39 is 0 Å². The minimum atomic E-state index is 0.377. The number of hydrogen-bond acceptors (Lipinski definition) is 2. The van der Waals surface area contributed by atoms with E-state index in [1.807, 2.05) is 0 Å². The molecule has 0 aromatic rings. The minimum Gasteiger partial charge on any atom is -0.314 e. The topological polar surface area (TPSA) is 15.3 Å². The maximum Gasteiger partial charge on any atom is 0.0174 e. The fourth-order valence-electron chi connectivity index (χ4n) is 2.97. The first-order valence-corrected chi connectivity index (χ1v) is 7.29. The maximum atomic E-state index is 3.47. The third-order valence-electron chi connectivity index (χ3n) is 4.74. The van der Waals surface area contributed by atoms with Gasteiger partial charge in [0.2, 0.25) is 0 Å². The molecule has 0 amide bonds. The molecular formula is C15H32N2. The van der Waals surface area contributed by atoms with Crippen LogP contribution in [0.25, 0.3) is 0 Å². The van der Waals surface area contributed by atoms with Gasteiger partial charge in [0, 0.05) is 12.1 Å². The maximum absolute atomic E-state index is 3.47. The van der Waals surface area contributed by atoms with Gasteiger partial charge < -0.3 is 10.2 Å². The Morgan fingerprint density at radius 3 is 1.88 bits per heavy atom. The quantitative estimate of drug-likeness (QED) is 0.795. The molecule has 0 atom stereocenters. The van der Waals surface area contributed by atoms with Crippen molar-refractivity contribution in [2.45, 2.75) is 53.0 Å². The molecule has 1 saturated heterocycles. The van der Waals surface area contributed by atoms with E-state index in [1.54, 1.807) is 0 Å². The number of nitrogens with zero attached hydrogens (tertiary/aromatic N) is 1. The van der Waals surface area contributed by atoms with Crippen LogP contribution >= 0.6 is 0 Å². The number of likely N-dealkylation sites (tertiary alicyclic amines) is 1. The Morgan fingerprint density at radius 1 is 1.06 bits per heavy atom. The second-order valence-corrected chi connectivity index (χ2v) is 6.76. The van der Waals surface area contributed by atoms with Crippen LogP contribution in [-0.2, 0) is 0 Å². The van der Waals surface area contributed by atoms with E-state index >= 15 is 0 Å². The molecule has 0 bridgehead atoms. The molecule has 0 radical (unpaired) electrons. The predicted molar refractivity (Wildman–Crippen MR) is 76.3 cm³/mol. The largest absolute Gasteiger partial charge is 0.314 e. The van der Waals surface area contributed by atoms with Gasteiger partial charge in [-0.3, -0.25) is 0 Å². The zero-order chi connectivity index (χ0) is 13.1. The molecule has 102 valence electrons. The first kappa shape index (κ1) is 15.0. The first-order chi connectivity index (χ1) is 7.88. The molecule has 2 heteroatoms. The summed E-state index contributed by atoms with van der Waals surface area (Å²) in [7, 11) is 2.10. The van der Waals surface area contributed by atoms with Crippen molar-refractivity contribution in [2.24, 2.45) is 17.8 Å². The SMILES string of the molecule is CNC1(C)CCN(CC(C(C)C)C(C)C)CC1. The summed E-state index contributed by atoms with van der Waals surface area (Å²) in [6.45, 7) is 15.6. The molecule has 0 spiro atoms. The molecule has 0 aromatic heterocycles. The van der Waals surface area contributed by atoms with Crippen LogP contribution in [0.3, 0.4) is 0 Å². The summed E-state index contributed by atoms with van der Waals surface area (Å²) in [4.78, 5) is 2.67. The van der Waals surface area contributed by atoms with Crippen LogP contribution in [0.15, 0.2) is 0 Å². The number of hydrogen-bond donors (Lipinski definition) is 1. The van der Waals surface area contributed by atoms with Crippen molar-refractivity contribution in [3.05, 3.63) is 0 Å². The van der Waals surface area contributed by atoms with E-state index in [-0.39, 0.29) is 0 Å². The van der Waals surface area contributed by atoms with E-state index in [1.165, 1.54) is 32.5 Å². The fourth-order valence-corrected chi connectivity index (χ4v) is 2.97. The number of piperidine rings is 1. The van der Waals surface area contributed by atoms with Gasteiger partial charge in [0.05, 0.1) is 0 Å². The average molecular weight is 240 g/mol. The Hall–Kier alpha value is -0.0800. The summed E-state index contributed by atoms with van der Waals surface area (Å²) in [5.41, 5.74) is 0.377. The van der Waals surface area contributed by atoms with Gasteiger partial charge >= 0.3 is 0 Å². The highest BCUT2D eigenvalue weighted by molar-refractivity contribution is 4.89. The summed E-state index contributed by atoms with van der Waals surface area (Å²) in [6, 6.07) is 0. The molecule has 17 heavy (non-hydrogen) atoms. The van der Waals surface area contributed by atoms with Crippen molar-refractivity contribution in [3.8, 4) is 0 Å². The molecular weight excluding hydrogens is 208 g/mol. The second kappa shape index (κ2) is 6.19. The summed E-state index contributed by atoms with van der Waals surface area (Å²) in [5, 5.41) is 3.47. The van der Waals surface area contributed by atoms with Crippen LogP contribution in [0.5, 0.6) is 0 Å². The zero-order valence-electron chi connectivity index (χ0n) is 12.7. The third kappa shape index (κ3) is 4.26. The van der Waals surface area contributed by atoms with Gasteiger partial charge in [-0.15, -0.1) is 0 Å². The van der Waals surface area contributed by atoms with E-state index in [9.17, 15) is 0 Å². The highest BCUT2D eigenvalue weighted by Crippen LogP contribution is 2.26. The van der Waals surface area contributed by atoms with Crippen molar-refractivity contribution in [3.63, 3.8) is 0 Å². The monoisotopic (exact) mass is 240 g/mol. The lowest BCUT2D eigenvalue weighted by atomic mass is 9.83. The van der Waals surface area contributed by atoms with Crippen LogP contribution in [-0.4, -0.2) is 37.1 Å². The van der Waals surface area contributed by atoms with Gasteiger partial charge in [0.15, 0.2) is 0 Å². The average Bonchev–Trinajstić information content (AvgIpc) is 2.27. The Morgan fingerprint density at radius 2 is 1.53 bits per heavy atom. The highest BCUT2D eigenvalue weighted by Gasteiger charge is 2.30. The van der Waals surface area contributed by atoms with Crippen LogP contribution in [0.1, 0.15) is 47.5 Å². The Balaban J connectivity index is 2.44. The van der Waals surface area contributed by atoms with E-state index in [0.29, 0.717) is 5.54 Å². The summed E-state index contributed by atoms with van der Waals surface area (Å²) in [5.74, 6) is 2.44. The molecule has 1 aliphatic heterocycles. The standard InChI is InChI=1S/C15H32N2/c1-12(2)14(13(3)4)11-17-9-7-15(5,16-6)8-10-17/h12-14,16H,7-11H2,1-6H3. The van der Waals surface area contributed by atoms with E-state index in [2.05, 4.69) is 51.9 Å². The molecule has 0 unspecified atom stereocenters. The predicted octanol–water partition coefficient (Wildman–Crippen LogP) is 2.99. The summed E-state index contributed by atoms with van der Waals surface area (Å²) >= 11 is 0. The van der Waals surface area contributed by atoms with Crippen LogP contribution in [0.4, 0.5) is 0 Å². The Labute approximate surface area is 108 Å². The lowest BCUT2D eigenvalue weighted by Gasteiger charge is -2.41. The van der Waals surface area contributed by atoms with Gasteiger partial charge in [-0.1, -0.05) is 27.7 Å². The van der Waals surface area contributed by atoms with Crippen LogP contribution in [0, 0.1) is 17.8 Å². The smallest absolute Gasteiger partial charge is 0.0174 e. The van der Waals surface area contributed by atoms with Crippen molar-refractivity contribution < 1.29 is 0 Å². The Kier molecular flexibility index (Phi) is 5.46. The van der Waals surface area contributed by atoms with Crippen LogP contribution in [0.2, 0.25) is 0 Å². The van der Waals surface area contributed by atoms with Gasteiger partial charge in [0.25, 0.3) is 0 Å². The van der Waals surface area contributed by atoms with Gasteiger partial charge in [-0.05, 0) is 57.7 Å². The molecule has 1 rings (SSSR count). The van der Waals surface area contributed by atoms with E-state index in [4.69, 9.17) is 0 Å². The molecule has 0 aliphatic carbocycles. The minimum absolute atomic E-state index is 0.377. The van der Waals surface area contributed by atoms with Gasteiger partial charge in [0.1, 0.15) is 0 Å². The van der Waals surface area contributed by atoms with Crippen molar-refractivity contribution in [2.75, 3.05) is 26.7 Å². The molecule has 0 saturated carbocycles. The van der Waals surface area contributed by atoms with Crippen molar-refractivity contribution in [1.29, 1.82) is 0 Å². The molecule has 1 heterocycles. The molecule has 0 aromatic carbocycles.